The minimum Gasteiger partial charge on any atom is -0.508 e. The van der Waals surface area contributed by atoms with Crippen LogP contribution in [-0.4, -0.2) is 29.4 Å². The lowest BCUT2D eigenvalue weighted by Gasteiger charge is -2.25. The van der Waals surface area contributed by atoms with E-state index in [1.165, 1.54) is 0 Å². The number of benzene rings is 1. The lowest BCUT2D eigenvalue weighted by atomic mass is 9.96. The Hall–Kier alpha value is -0.840. The molecule has 1 aromatic carbocycles. The molecule has 2 atom stereocenters. The number of ether oxygens (including phenoxy) is 1. The maximum absolute atomic E-state index is 9.33. The van der Waals surface area contributed by atoms with Gasteiger partial charge in [0.25, 0.3) is 0 Å². The molecule has 0 radical (unpaired) electrons. The van der Waals surface area contributed by atoms with Crippen LogP contribution in [0.4, 0.5) is 0 Å². The van der Waals surface area contributed by atoms with E-state index in [4.69, 9.17) is 4.74 Å². The van der Waals surface area contributed by atoms with Crippen LogP contribution in [0.5, 0.6) is 5.75 Å². The Morgan fingerprint density at radius 3 is 2.47 bits per heavy atom. The highest BCUT2D eigenvalue weighted by molar-refractivity contribution is 8.14. The van der Waals surface area contributed by atoms with Crippen molar-refractivity contribution in [2.75, 3.05) is 13.7 Å². The third kappa shape index (κ3) is 2.39. The fraction of sp³-hybridized carbons (Fsp3) is 0.462. The minimum atomic E-state index is -0.360. The summed E-state index contributed by atoms with van der Waals surface area (Å²) in [5.74, 6) is 0.286. The monoisotopic (exact) mass is 253 g/mol. The maximum atomic E-state index is 9.33. The number of hydrogen-bond acceptors (Lipinski definition) is 3. The first-order chi connectivity index (χ1) is 8.07. The van der Waals surface area contributed by atoms with Crippen molar-refractivity contribution < 1.29 is 9.84 Å². The highest BCUT2D eigenvalue weighted by Gasteiger charge is 2.35. The third-order valence-electron chi connectivity index (χ3n) is 3.05. The summed E-state index contributed by atoms with van der Waals surface area (Å²) in [4.78, 5) is 0. The number of hydrogen-bond donors (Lipinski definition) is 2. The van der Waals surface area contributed by atoms with Crippen molar-refractivity contribution in [3.8, 4) is 5.75 Å². The smallest absolute Gasteiger partial charge is 0.131 e. The zero-order chi connectivity index (χ0) is 12.5. The molecule has 4 heteroatoms. The van der Waals surface area contributed by atoms with Crippen molar-refractivity contribution in [3.63, 3.8) is 0 Å². The molecule has 1 aromatic rings. The summed E-state index contributed by atoms with van der Waals surface area (Å²) in [5.41, 5.74) is 0.724. The number of phenols is 1. The summed E-state index contributed by atoms with van der Waals surface area (Å²) < 4.78 is 9.21. The van der Waals surface area contributed by atoms with Crippen molar-refractivity contribution in [2.45, 2.75) is 24.7 Å². The van der Waals surface area contributed by atoms with Crippen LogP contribution in [0.1, 0.15) is 19.4 Å². The van der Waals surface area contributed by atoms with Crippen LogP contribution < -0.4 is 4.72 Å². The second kappa shape index (κ2) is 4.80. The van der Waals surface area contributed by atoms with Gasteiger partial charge in [0.05, 0.1) is 0 Å². The molecule has 17 heavy (non-hydrogen) atoms. The number of phenolic OH excluding ortho intramolecular Hbond substituents is 1. The topological polar surface area (TPSA) is 41.5 Å². The van der Waals surface area contributed by atoms with Crippen molar-refractivity contribution in [1.82, 2.24) is 4.72 Å². The Bertz CT molecular complexity index is 428. The predicted octanol–water partition coefficient (Wildman–Crippen LogP) is 2.23. The van der Waals surface area contributed by atoms with E-state index >= 15 is 0 Å². The lowest BCUT2D eigenvalue weighted by Crippen LogP contribution is -2.34. The van der Waals surface area contributed by atoms with E-state index in [9.17, 15) is 5.11 Å². The van der Waals surface area contributed by atoms with Gasteiger partial charge in [0.1, 0.15) is 11.4 Å². The van der Waals surface area contributed by atoms with Gasteiger partial charge in [0.15, 0.2) is 0 Å². The predicted molar refractivity (Wildman–Crippen MR) is 73.6 cm³/mol. The van der Waals surface area contributed by atoms with Crippen LogP contribution in [0.25, 0.3) is 0 Å². The molecule has 0 amide bonds. The molecule has 2 rings (SSSR count). The standard InChI is InChI=1S/C13H19NO2S/c1-10(2)17-9-13(16-3,8-14-17)11-4-6-12(15)7-5-11/h4-7,9-10,14-15H,8H2,1-3H3. The van der Waals surface area contributed by atoms with Gasteiger partial charge in [-0.15, -0.1) is 10.7 Å². The summed E-state index contributed by atoms with van der Waals surface area (Å²) in [5, 5.41) is 12.2. The Kier molecular flexibility index (Phi) is 3.56. The first-order valence-electron chi connectivity index (χ1n) is 5.73. The van der Waals surface area contributed by atoms with Crippen molar-refractivity contribution >= 4 is 16.0 Å². The molecule has 0 fully saturated rings. The molecule has 0 aromatic heterocycles. The maximum Gasteiger partial charge on any atom is 0.131 e. The van der Waals surface area contributed by atoms with Gasteiger partial charge in [-0.2, -0.15) is 0 Å². The average Bonchev–Trinajstić information content (AvgIpc) is 2.76. The second-order valence-corrected chi connectivity index (χ2v) is 6.71. The Balaban J connectivity index is 2.36. The summed E-state index contributed by atoms with van der Waals surface area (Å²) >= 11 is 0. The molecule has 1 aliphatic rings. The normalized spacial score (nSPS) is 28.4. The van der Waals surface area contributed by atoms with Crippen LogP contribution in [0.3, 0.4) is 0 Å². The van der Waals surface area contributed by atoms with Gasteiger partial charge in [-0.25, -0.2) is 0 Å². The van der Waals surface area contributed by atoms with Gasteiger partial charge in [-0.05, 0) is 23.1 Å². The Morgan fingerprint density at radius 1 is 1.35 bits per heavy atom. The van der Waals surface area contributed by atoms with E-state index in [0.717, 1.165) is 12.1 Å². The van der Waals surface area contributed by atoms with Crippen LogP contribution in [0.2, 0.25) is 0 Å². The molecule has 3 nitrogen and oxygen atoms in total. The van der Waals surface area contributed by atoms with E-state index in [0.29, 0.717) is 5.25 Å². The number of nitrogens with one attached hydrogen (secondary N) is 1. The molecule has 0 spiro atoms. The van der Waals surface area contributed by atoms with Gasteiger partial charge in [-0.3, -0.25) is 4.72 Å². The zero-order valence-corrected chi connectivity index (χ0v) is 11.3. The number of rotatable bonds is 3. The summed E-state index contributed by atoms with van der Waals surface area (Å²) in [6.07, 6.45) is 0. The lowest BCUT2D eigenvalue weighted by molar-refractivity contribution is 0.0610. The minimum absolute atomic E-state index is 0.0834. The van der Waals surface area contributed by atoms with Crippen molar-refractivity contribution in [3.05, 3.63) is 29.8 Å². The van der Waals surface area contributed by atoms with Crippen LogP contribution in [0, 0.1) is 0 Å². The third-order valence-corrected chi connectivity index (χ3v) is 5.17. The fourth-order valence-corrected chi connectivity index (χ4v) is 3.73. The molecule has 0 saturated carbocycles. The molecule has 1 aliphatic heterocycles. The summed E-state index contributed by atoms with van der Waals surface area (Å²) in [6.45, 7) is 5.19. The zero-order valence-electron chi connectivity index (χ0n) is 10.4. The van der Waals surface area contributed by atoms with Gasteiger partial charge < -0.3 is 9.84 Å². The number of methoxy groups -OCH3 is 1. The van der Waals surface area contributed by atoms with E-state index in [-0.39, 0.29) is 22.0 Å². The van der Waals surface area contributed by atoms with Crippen molar-refractivity contribution in [2.24, 2.45) is 0 Å². The molecule has 1 heterocycles. The summed E-state index contributed by atoms with van der Waals surface area (Å²) in [6, 6.07) is 7.25. The van der Waals surface area contributed by atoms with Crippen LogP contribution in [0.15, 0.2) is 24.3 Å². The highest BCUT2D eigenvalue weighted by atomic mass is 32.2. The quantitative estimate of drug-likeness (QED) is 0.812. The van der Waals surface area contributed by atoms with Crippen molar-refractivity contribution in [1.29, 1.82) is 0 Å². The van der Waals surface area contributed by atoms with E-state index in [1.807, 2.05) is 12.1 Å². The van der Waals surface area contributed by atoms with Gasteiger partial charge >= 0.3 is 0 Å². The molecule has 94 valence electrons. The number of aromatic hydroxyl groups is 1. The van der Waals surface area contributed by atoms with Crippen LogP contribution in [-0.2, 0) is 10.3 Å². The van der Waals surface area contributed by atoms with E-state index < -0.39 is 0 Å². The molecule has 0 saturated heterocycles. The fourth-order valence-electron chi connectivity index (χ4n) is 1.93. The van der Waals surface area contributed by atoms with Gasteiger partial charge in [-0.1, -0.05) is 26.0 Å². The molecule has 0 bridgehead atoms. The van der Waals surface area contributed by atoms with Gasteiger partial charge in [0, 0.05) is 18.9 Å². The molecule has 2 unspecified atom stereocenters. The highest BCUT2D eigenvalue weighted by Crippen LogP contribution is 2.34. The van der Waals surface area contributed by atoms with Gasteiger partial charge in [0.2, 0.25) is 0 Å². The van der Waals surface area contributed by atoms with Crippen LogP contribution >= 0.6 is 10.7 Å². The molecule has 0 aliphatic carbocycles. The average molecular weight is 253 g/mol. The SMILES string of the molecule is COC1(c2ccc(O)cc2)C=S(C(C)C)NC1. The molecular formula is C13H19NO2S. The van der Waals surface area contributed by atoms with E-state index in [1.54, 1.807) is 19.2 Å². The largest absolute Gasteiger partial charge is 0.508 e. The summed E-state index contributed by atoms with van der Waals surface area (Å²) in [7, 11) is 1.82. The first-order valence-corrected chi connectivity index (χ1v) is 7.08. The molecular weight excluding hydrogens is 234 g/mol. The van der Waals surface area contributed by atoms with E-state index in [2.05, 4.69) is 23.9 Å². The second-order valence-electron chi connectivity index (χ2n) is 4.50. The Labute approximate surface area is 105 Å². The Morgan fingerprint density at radius 2 is 2.00 bits per heavy atom. The molecule has 2 N–H and O–H groups in total. The first kappa shape index (κ1) is 12.6.